The van der Waals surface area contributed by atoms with Crippen LogP contribution in [-0.2, 0) is 0 Å². The molecule has 1 atom stereocenters. The zero-order chi connectivity index (χ0) is 8.85. The molecular weight excluding hydrogens is 138 g/mol. The van der Waals surface area contributed by atoms with Crippen LogP contribution in [0.1, 0.15) is 20.8 Å². The third kappa shape index (κ3) is 3.98. The van der Waals surface area contributed by atoms with Crippen LogP contribution in [-0.4, -0.2) is 30.4 Å². The van der Waals surface area contributed by atoms with E-state index >= 15 is 0 Å². The van der Waals surface area contributed by atoms with Gasteiger partial charge in [0.15, 0.2) is 0 Å². The number of nitrogens with zero attached hydrogens (tertiary/aromatic N) is 1. The molecule has 3 N–H and O–H groups in total. The quantitative estimate of drug-likeness (QED) is 0.460. The summed E-state index contributed by atoms with van der Waals surface area (Å²) in [5.41, 5.74) is 5.35. The standard InChI is InChI=1S/C8H19N3/c1-4-11(5-2)6-7(3)8(9)10/h7H,4-6H2,1-3H3,(H3,9,10). The van der Waals surface area contributed by atoms with Gasteiger partial charge in [0.1, 0.15) is 0 Å². The molecule has 0 saturated carbocycles. The molecule has 0 saturated heterocycles. The Morgan fingerprint density at radius 2 is 1.91 bits per heavy atom. The molecule has 0 aromatic heterocycles. The highest BCUT2D eigenvalue weighted by molar-refractivity contribution is 5.79. The summed E-state index contributed by atoms with van der Waals surface area (Å²) in [5.74, 6) is 0.479. The second-order valence-corrected chi connectivity index (χ2v) is 2.84. The fourth-order valence-electron chi connectivity index (χ4n) is 0.967. The topological polar surface area (TPSA) is 53.1 Å². The molecule has 1 unspecified atom stereocenters. The summed E-state index contributed by atoms with van der Waals surface area (Å²) in [6, 6.07) is 0. The zero-order valence-electron chi connectivity index (χ0n) is 7.72. The van der Waals surface area contributed by atoms with Crippen molar-refractivity contribution in [1.82, 2.24) is 4.90 Å². The number of hydrogen-bond donors (Lipinski definition) is 2. The lowest BCUT2D eigenvalue weighted by molar-refractivity contribution is 0.285. The van der Waals surface area contributed by atoms with Gasteiger partial charge in [-0.15, -0.1) is 0 Å². The maximum Gasteiger partial charge on any atom is 0.0947 e. The molecule has 0 radical (unpaired) electrons. The van der Waals surface area contributed by atoms with E-state index in [0.717, 1.165) is 19.6 Å². The molecule has 0 aliphatic carbocycles. The monoisotopic (exact) mass is 157 g/mol. The fraction of sp³-hybridized carbons (Fsp3) is 0.875. The van der Waals surface area contributed by atoms with Crippen LogP contribution in [0.5, 0.6) is 0 Å². The van der Waals surface area contributed by atoms with E-state index in [1.54, 1.807) is 0 Å². The van der Waals surface area contributed by atoms with Crippen LogP contribution >= 0.6 is 0 Å². The fourth-order valence-corrected chi connectivity index (χ4v) is 0.967. The van der Waals surface area contributed by atoms with Crippen molar-refractivity contribution in [3.63, 3.8) is 0 Å². The molecule has 3 nitrogen and oxygen atoms in total. The molecule has 0 aliphatic rings. The molecule has 0 amide bonds. The molecule has 0 rings (SSSR count). The third-order valence-corrected chi connectivity index (χ3v) is 1.96. The van der Waals surface area contributed by atoms with E-state index in [1.807, 2.05) is 6.92 Å². The van der Waals surface area contributed by atoms with Crippen molar-refractivity contribution in [2.75, 3.05) is 19.6 Å². The minimum atomic E-state index is 0.190. The molecule has 0 heterocycles. The first-order valence-corrected chi connectivity index (χ1v) is 4.18. The number of amidine groups is 1. The zero-order valence-corrected chi connectivity index (χ0v) is 7.72. The molecule has 0 fully saturated rings. The highest BCUT2D eigenvalue weighted by Crippen LogP contribution is 1.98. The van der Waals surface area contributed by atoms with Gasteiger partial charge in [-0.2, -0.15) is 0 Å². The van der Waals surface area contributed by atoms with Crippen LogP contribution in [0.2, 0.25) is 0 Å². The number of hydrogen-bond acceptors (Lipinski definition) is 2. The van der Waals surface area contributed by atoms with Gasteiger partial charge < -0.3 is 10.6 Å². The predicted octanol–water partition coefficient (Wildman–Crippen LogP) is 0.900. The SMILES string of the molecule is CCN(CC)CC(C)C(=N)N. The molecular formula is C8H19N3. The lowest BCUT2D eigenvalue weighted by Crippen LogP contribution is -2.34. The van der Waals surface area contributed by atoms with Crippen LogP contribution in [0.25, 0.3) is 0 Å². The first-order chi connectivity index (χ1) is 5.11. The summed E-state index contributed by atoms with van der Waals surface area (Å²) in [7, 11) is 0. The van der Waals surface area contributed by atoms with Gasteiger partial charge in [-0.25, -0.2) is 0 Å². The van der Waals surface area contributed by atoms with Crippen LogP contribution in [0, 0.1) is 11.3 Å². The van der Waals surface area contributed by atoms with Crippen molar-refractivity contribution in [1.29, 1.82) is 5.41 Å². The Labute approximate surface area is 69.1 Å². The van der Waals surface area contributed by atoms with Crippen molar-refractivity contribution in [2.45, 2.75) is 20.8 Å². The molecule has 0 aliphatic heterocycles. The van der Waals surface area contributed by atoms with Crippen LogP contribution in [0.3, 0.4) is 0 Å². The van der Waals surface area contributed by atoms with Crippen molar-refractivity contribution >= 4 is 5.84 Å². The van der Waals surface area contributed by atoms with Gasteiger partial charge >= 0.3 is 0 Å². The van der Waals surface area contributed by atoms with Gasteiger partial charge in [0.25, 0.3) is 0 Å². The first-order valence-electron chi connectivity index (χ1n) is 4.18. The summed E-state index contributed by atoms with van der Waals surface area (Å²) < 4.78 is 0. The second kappa shape index (κ2) is 5.13. The lowest BCUT2D eigenvalue weighted by Gasteiger charge is -2.21. The smallest absolute Gasteiger partial charge is 0.0947 e. The van der Waals surface area contributed by atoms with E-state index in [0.29, 0.717) is 0 Å². The minimum absolute atomic E-state index is 0.190. The number of nitrogens with two attached hydrogens (primary N) is 1. The Morgan fingerprint density at radius 3 is 2.18 bits per heavy atom. The Balaban J connectivity index is 3.71. The van der Waals surface area contributed by atoms with Crippen molar-refractivity contribution in [3.05, 3.63) is 0 Å². The Bertz CT molecular complexity index is 119. The Morgan fingerprint density at radius 1 is 1.45 bits per heavy atom. The van der Waals surface area contributed by atoms with Crippen molar-refractivity contribution in [3.8, 4) is 0 Å². The molecule has 3 heteroatoms. The van der Waals surface area contributed by atoms with E-state index in [2.05, 4.69) is 18.7 Å². The normalized spacial score (nSPS) is 13.5. The maximum atomic E-state index is 7.19. The number of nitrogens with one attached hydrogen (secondary N) is 1. The summed E-state index contributed by atoms with van der Waals surface area (Å²) in [6.45, 7) is 9.21. The highest BCUT2D eigenvalue weighted by Gasteiger charge is 2.08. The Hall–Kier alpha value is -0.570. The van der Waals surface area contributed by atoms with Gasteiger partial charge in [-0.3, -0.25) is 5.41 Å². The van der Waals surface area contributed by atoms with Gasteiger partial charge in [-0.1, -0.05) is 20.8 Å². The summed E-state index contributed by atoms with van der Waals surface area (Å²) in [5, 5.41) is 7.19. The van der Waals surface area contributed by atoms with E-state index < -0.39 is 0 Å². The third-order valence-electron chi connectivity index (χ3n) is 1.96. The van der Waals surface area contributed by atoms with Crippen LogP contribution in [0.4, 0.5) is 0 Å². The van der Waals surface area contributed by atoms with Gasteiger partial charge in [0.05, 0.1) is 5.84 Å². The first kappa shape index (κ1) is 10.4. The summed E-state index contributed by atoms with van der Waals surface area (Å²) in [4.78, 5) is 2.27. The predicted molar refractivity (Wildman–Crippen MR) is 48.9 cm³/mol. The minimum Gasteiger partial charge on any atom is -0.387 e. The van der Waals surface area contributed by atoms with E-state index in [9.17, 15) is 0 Å². The van der Waals surface area contributed by atoms with Gasteiger partial charge in [-0.05, 0) is 13.1 Å². The molecule has 66 valence electrons. The Kier molecular flexibility index (Phi) is 4.86. The van der Waals surface area contributed by atoms with Crippen LogP contribution in [0.15, 0.2) is 0 Å². The van der Waals surface area contributed by atoms with Gasteiger partial charge in [0, 0.05) is 12.5 Å². The molecule has 0 bridgehead atoms. The van der Waals surface area contributed by atoms with E-state index in [-0.39, 0.29) is 11.8 Å². The van der Waals surface area contributed by atoms with Crippen molar-refractivity contribution in [2.24, 2.45) is 11.7 Å². The number of rotatable bonds is 5. The highest BCUT2D eigenvalue weighted by atomic mass is 15.1. The van der Waals surface area contributed by atoms with E-state index in [4.69, 9.17) is 11.1 Å². The summed E-state index contributed by atoms with van der Waals surface area (Å²) >= 11 is 0. The van der Waals surface area contributed by atoms with Gasteiger partial charge in [0.2, 0.25) is 0 Å². The second-order valence-electron chi connectivity index (χ2n) is 2.84. The largest absolute Gasteiger partial charge is 0.387 e. The van der Waals surface area contributed by atoms with Crippen molar-refractivity contribution < 1.29 is 0 Å². The lowest BCUT2D eigenvalue weighted by atomic mass is 10.1. The van der Waals surface area contributed by atoms with Crippen LogP contribution < -0.4 is 5.73 Å². The maximum absolute atomic E-state index is 7.19. The molecule has 11 heavy (non-hydrogen) atoms. The average Bonchev–Trinajstić information content (AvgIpc) is 1.99. The molecule has 0 aromatic rings. The average molecular weight is 157 g/mol. The summed E-state index contributed by atoms with van der Waals surface area (Å²) in [6.07, 6.45) is 0. The molecule has 0 spiro atoms. The van der Waals surface area contributed by atoms with E-state index in [1.165, 1.54) is 0 Å². The molecule has 0 aromatic carbocycles.